The van der Waals surface area contributed by atoms with Crippen molar-refractivity contribution in [3.8, 4) is 5.75 Å². The summed E-state index contributed by atoms with van der Waals surface area (Å²) in [5, 5.41) is 1.72. The molecule has 2 heterocycles. The third-order valence-electron chi connectivity index (χ3n) is 5.36. The van der Waals surface area contributed by atoms with Crippen LogP contribution in [0, 0.1) is 11.8 Å². The molecule has 1 aliphatic heterocycles. The Kier molecular flexibility index (Phi) is 5.79. The van der Waals surface area contributed by atoms with Gasteiger partial charge in [0, 0.05) is 34.5 Å². The van der Waals surface area contributed by atoms with Gasteiger partial charge in [-0.25, -0.2) is 0 Å². The highest BCUT2D eigenvalue weighted by atomic mass is 35.5. The molecule has 29 heavy (non-hydrogen) atoms. The van der Waals surface area contributed by atoms with E-state index in [1.165, 1.54) is 6.42 Å². The van der Waals surface area contributed by atoms with Gasteiger partial charge in [0.05, 0.1) is 17.5 Å². The van der Waals surface area contributed by atoms with Crippen LogP contribution < -0.4 is 4.74 Å². The van der Waals surface area contributed by atoms with E-state index in [-0.39, 0.29) is 5.91 Å². The predicted molar refractivity (Wildman–Crippen MR) is 119 cm³/mol. The Bertz CT molecular complexity index is 1020. The van der Waals surface area contributed by atoms with Crippen molar-refractivity contribution in [2.24, 2.45) is 11.8 Å². The molecule has 2 atom stereocenters. The van der Waals surface area contributed by atoms with E-state index in [0.717, 1.165) is 39.5 Å². The van der Waals surface area contributed by atoms with Gasteiger partial charge in [-0.15, -0.1) is 0 Å². The molecule has 152 valence electrons. The summed E-state index contributed by atoms with van der Waals surface area (Å²) in [7, 11) is 1.65. The van der Waals surface area contributed by atoms with E-state index in [9.17, 15) is 4.79 Å². The van der Waals surface area contributed by atoms with Crippen molar-refractivity contribution in [2.75, 3.05) is 20.2 Å². The summed E-state index contributed by atoms with van der Waals surface area (Å²) in [6.45, 7) is 6.03. The smallest absolute Gasteiger partial charge is 0.271 e. The van der Waals surface area contributed by atoms with Gasteiger partial charge in [0.15, 0.2) is 0 Å². The molecule has 6 heteroatoms. The fraction of sp³-hybridized carbons (Fsp3) is 0.348. The summed E-state index contributed by atoms with van der Waals surface area (Å²) >= 11 is 7.63. The highest BCUT2D eigenvalue weighted by Crippen LogP contribution is 2.39. The fourth-order valence-corrected chi connectivity index (χ4v) is 5.30. The van der Waals surface area contributed by atoms with Crippen molar-refractivity contribution >= 4 is 40.2 Å². The number of amides is 1. The lowest BCUT2D eigenvalue weighted by Crippen LogP contribution is -2.42. The van der Waals surface area contributed by atoms with Crippen LogP contribution in [0.1, 0.15) is 30.8 Å². The first-order chi connectivity index (χ1) is 13.9. The number of fused-ring (bicyclic) bond motifs is 1. The number of hydrogen-bond donors (Lipinski definition) is 1. The van der Waals surface area contributed by atoms with Crippen LogP contribution in [-0.4, -0.2) is 36.0 Å². The Morgan fingerprint density at radius 3 is 2.48 bits per heavy atom. The number of ether oxygens (including phenoxy) is 1. The number of hydrogen-bond acceptors (Lipinski definition) is 3. The molecule has 4 rings (SSSR count). The lowest BCUT2D eigenvalue weighted by atomic mass is 9.92. The summed E-state index contributed by atoms with van der Waals surface area (Å²) in [4.78, 5) is 20.9. The average molecular weight is 429 g/mol. The standard InChI is InChI=1S/C23H25ClN2O2S/c1-14-10-15(2)13-26(12-14)23(27)21-22(29-18-7-4-16(24)5-8-18)19-9-6-17(28-3)11-20(19)25-21/h4-9,11,14-15,25H,10,12-13H2,1-3H3. The number of likely N-dealkylation sites (tertiary alicyclic amines) is 1. The van der Waals surface area contributed by atoms with E-state index < -0.39 is 0 Å². The van der Waals surface area contributed by atoms with Crippen LogP contribution in [0.4, 0.5) is 0 Å². The number of methoxy groups -OCH3 is 1. The maximum atomic E-state index is 13.5. The van der Waals surface area contributed by atoms with Crippen LogP contribution in [-0.2, 0) is 0 Å². The minimum Gasteiger partial charge on any atom is -0.497 e. The largest absolute Gasteiger partial charge is 0.497 e. The third-order valence-corrected chi connectivity index (χ3v) is 6.75. The summed E-state index contributed by atoms with van der Waals surface area (Å²) in [5.74, 6) is 1.86. The molecule has 1 aliphatic rings. The number of H-pyrrole nitrogens is 1. The predicted octanol–water partition coefficient (Wildman–Crippen LogP) is 6.10. The summed E-state index contributed by atoms with van der Waals surface area (Å²) in [5.41, 5.74) is 1.55. The highest BCUT2D eigenvalue weighted by molar-refractivity contribution is 7.99. The zero-order chi connectivity index (χ0) is 20.5. The van der Waals surface area contributed by atoms with Crippen LogP contribution in [0.5, 0.6) is 5.75 Å². The minimum absolute atomic E-state index is 0.0648. The van der Waals surface area contributed by atoms with Gasteiger partial charge in [-0.2, -0.15) is 0 Å². The molecule has 0 bridgehead atoms. The minimum atomic E-state index is 0.0648. The molecule has 2 aromatic carbocycles. The number of piperidine rings is 1. The lowest BCUT2D eigenvalue weighted by molar-refractivity contribution is 0.0614. The van der Waals surface area contributed by atoms with Crippen molar-refractivity contribution in [2.45, 2.75) is 30.1 Å². The Hall–Kier alpha value is -2.11. The van der Waals surface area contributed by atoms with E-state index in [2.05, 4.69) is 18.8 Å². The van der Waals surface area contributed by atoms with Crippen molar-refractivity contribution in [3.05, 3.63) is 53.2 Å². The molecule has 1 amide bonds. The average Bonchev–Trinajstić information content (AvgIpc) is 3.05. The molecule has 2 unspecified atom stereocenters. The van der Waals surface area contributed by atoms with Crippen molar-refractivity contribution in [1.82, 2.24) is 9.88 Å². The molecule has 0 aliphatic carbocycles. The highest BCUT2D eigenvalue weighted by Gasteiger charge is 2.29. The molecule has 1 saturated heterocycles. The van der Waals surface area contributed by atoms with Gasteiger partial charge >= 0.3 is 0 Å². The van der Waals surface area contributed by atoms with Gasteiger partial charge in [-0.1, -0.05) is 37.2 Å². The monoisotopic (exact) mass is 428 g/mol. The Labute approximate surface area is 180 Å². The molecule has 0 spiro atoms. The number of aromatic nitrogens is 1. The first-order valence-electron chi connectivity index (χ1n) is 9.87. The second-order valence-corrected chi connectivity index (χ2v) is 9.47. The van der Waals surface area contributed by atoms with Crippen LogP contribution in [0.2, 0.25) is 5.02 Å². The topological polar surface area (TPSA) is 45.3 Å². The first kappa shape index (κ1) is 20.2. The van der Waals surface area contributed by atoms with E-state index >= 15 is 0 Å². The van der Waals surface area contributed by atoms with Crippen LogP contribution >= 0.6 is 23.4 Å². The zero-order valence-electron chi connectivity index (χ0n) is 16.9. The van der Waals surface area contributed by atoms with Crippen LogP contribution in [0.15, 0.2) is 52.3 Å². The van der Waals surface area contributed by atoms with E-state index in [1.807, 2.05) is 47.4 Å². The number of nitrogens with one attached hydrogen (secondary N) is 1. The second-order valence-electron chi connectivity index (χ2n) is 7.95. The number of carbonyl (C=O) groups is 1. The number of nitrogens with zero attached hydrogens (tertiary/aromatic N) is 1. The maximum absolute atomic E-state index is 13.5. The number of halogens is 1. The summed E-state index contributed by atoms with van der Waals surface area (Å²) < 4.78 is 5.37. The second kappa shape index (κ2) is 8.33. The van der Waals surface area contributed by atoms with Gasteiger partial charge in [-0.3, -0.25) is 4.79 Å². The van der Waals surface area contributed by atoms with Gasteiger partial charge in [0.25, 0.3) is 5.91 Å². The first-order valence-corrected chi connectivity index (χ1v) is 11.1. The number of rotatable bonds is 4. The summed E-state index contributed by atoms with van der Waals surface area (Å²) in [6.07, 6.45) is 1.17. The van der Waals surface area contributed by atoms with Gasteiger partial charge < -0.3 is 14.6 Å². The Balaban J connectivity index is 1.76. The molecule has 1 N–H and O–H groups in total. The van der Waals surface area contributed by atoms with Crippen molar-refractivity contribution in [1.29, 1.82) is 0 Å². The molecule has 0 saturated carbocycles. The number of benzene rings is 2. The quantitative estimate of drug-likeness (QED) is 0.546. The fourth-order valence-electron chi connectivity index (χ4n) is 4.14. The molecule has 3 aromatic rings. The van der Waals surface area contributed by atoms with Crippen LogP contribution in [0.3, 0.4) is 0 Å². The molecule has 1 fully saturated rings. The van der Waals surface area contributed by atoms with Crippen molar-refractivity contribution in [3.63, 3.8) is 0 Å². The lowest BCUT2D eigenvalue weighted by Gasteiger charge is -2.34. The number of carbonyl (C=O) groups excluding carboxylic acids is 1. The van der Waals surface area contributed by atoms with Gasteiger partial charge in [0.2, 0.25) is 0 Å². The summed E-state index contributed by atoms with van der Waals surface area (Å²) in [6, 6.07) is 13.6. The SMILES string of the molecule is COc1ccc2c(Sc3ccc(Cl)cc3)c(C(=O)N3CC(C)CC(C)C3)[nH]c2c1. The Morgan fingerprint density at radius 1 is 1.14 bits per heavy atom. The van der Waals surface area contributed by atoms with Crippen molar-refractivity contribution < 1.29 is 9.53 Å². The number of aromatic amines is 1. The molecule has 4 nitrogen and oxygen atoms in total. The van der Waals surface area contributed by atoms with E-state index in [1.54, 1.807) is 18.9 Å². The molecule has 1 aromatic heterocycles. The van der Waals surface area contributed by atoms with Crippen LogP contribution in [0.25, 0.3) is 10.9 Å². The normalized spacial score (nSPS) is 19.5. The molecular formula is C23H25ClN2O2S. The van der Waals surface area contributed by atoms with E-state index in [4.69, 9.17) is 16.3 Å². The van der Waals surface area contributed by atoms with E-state index in [0.29, 0.717) is 22.6 Å². The molecule has 0 radical (unpaired) electrons. The zero-order valence-corrected chi connectivity index (χ0v) is 18.4. The Morgan fingerprint density at radius 2 is 1.83 bits per heavy atom. The van der Waals surface area contributed by atoms with Gasteiger partial charge in [0.1, 0.15) is 11.4 Å². The molecular weight excluding hydrogens is 404 g/mol. The maximum Gasteiger partial charge on any atom is 0.271 e. The van der Waals surface area contributed by atoms with Gasteiger partial charge in [-0.05, 0) is 54.7 Å². The third kappa shape index (κ3) is 4.26.